The fourth-order valence-electron chi connectivity index (χ4n) is 1.89. The van der Waals surface area contributed by atoms with E-state index in [-0.39, 0.29) is 0 Å². The fraction of sp³-hybridized carbons (Fsp3) is 0.545. The molecular formula is C11H16N2O. The monoisotopic (exact) mass is 192 g/mol. The molecule has 3 heteroatoms. The van der Waals surface area contributed by atoms with Crippen molar-refractivity contribution in [3.63, 3.8) is 0 Å². The number of ether oxygens (including phenoxy) is 1. The van der Waals surface area contributed by atoms with Crippen LogP contribution >= 0.6 is 0 Å². The van der Waals surface area contributed by atoms with E-state index in [1.807, 2.05) is 18.3 Å². The molecule has 0 atom stereocenters. The molecule has 0 bridgehead atoms. The van der Waals surface area contributed by atoms with Crippen molar-refractivity contribution >= 4 is 5.69 Å². The predicted octanol–water partition coefficient (Wildman–Crippen LogP) is 2.44. The fourth-order valence-corrected chi connectivity index (χ4v) is 1.89. The number of anilines is 1. The smallest absolute Gasteiger partial charge is 0.213 e. The molecule has 1 fully saturated rings. The second kappa shape index (κ2) is 4.31. The molecule has 1 aliphatic rings. The lowest BCUT2D eigenvalue weighted by Gasteiger charge is -2.12. The molecule has 2 rings (SSSR count). The Labute approximate surface area is 84.5 Å². The van der Waals surface area contributed by atoms with Crippen LogP contribution in [-0.4, -0.2) is 18.1 Å². The van der Waals surface area contributed by atoms with Crippen LogP contribution in [0.15, 0.2) is 18.3 Å². The molecule has 1 N–H and O–H groups in total. The van der Waals surface area contributed by atoms with Crippen molar-refractivity contribution < 1.29 is 4.74 Å². The third-order valence-corrected chi connectivity index (χ3v) is 2.67. The van der Waals surface area contributed by atoms with Crippen molar-refractivity contribution in [2.24, 2.45) is 0 Å². The molecule has 0 unspecified atom stereocenters. The molecule has 0 radical (unpaired) electrons. The van der Waals surface area contributed by atoms with E-state index >= 15 is 0 Å². The van der Waals surface area contributed by atoms with Gasteiger partial charge in [0.25, 0.3) is 0 Å². The van der Waals surface area contributed by atoms with Gasteiger partial charge in [-0.2, -0.15) is 0 Å². The Bertz CT molecular complexity index is 278. The molecule has 3 nitrogen and oxygen atoms in total. The largest absolute Gasteiger partial charge is 0.481 e. The maximum absolute atomic E-state index is 5.00. The van der Waals surface area contributed by atoms with Gasteiger partial charge >= 0.3 is 0 Å². The standard InChI is InChI=1S/C11H16N2O/c1-14-11-7-6-10(8-12-11)13-9-4-2-3-5-9/h6-9,13H,2-5H2,1H3. The van der Waals surface area contributed by atoms with Crippen LogP contribution < -0.4 is 10.1 Å². The van der Waals surface area contributed by atoms with E-state index in [0.717, 1.165) is 5.69 Å². The molecule has 0 spiro atoms. The summed E-state index contributed by atoms with van der Waals surface area (Å²) in [6.07, 6.45) is 7.09. The Morgan fingerprint density at radius 3 is 2.71 bits per heavy atom. The van der Waals surface area contributed by atoms with Crippen LogP contribution in [0.25, 0.3) is 0 Å². The Hall–Kier alpha value is -1.25. The van der Waals surface area contributed by atoms with E-state index in [0.29, 0.717) is 11.9 Å². The van der Waals surface area contributed by atoms with E-state index in [1.54, 1.807) is 7.11 Å². The van der Waals surface area contributed by atoms with Gasteiger partial charge in [0.05, 0.1) is 19.0 Å². The second-order valence-corrected chi connectivity index (χ2v) is 3.71. The molecule has 1 aliphatic carbocycles. The minimum Gasteiger partial charge on any atom is -0.481 e. The van der Waals surface area contributed by atoms with Gasteiger partial charge in [-0.25, -0.2) is 4.98 Å². The summed E-state index contributed by atoms with van der Waals surface area (Å²) in [6.45, 7) is 0. The maximum atomic E-state index is 5.00. The Balaban J connectivity index is 1.95. The third-order valence-electron chi connectivity index (χ3n) is 2.67. The lowest BCUT2D eigenvalue weighted by molar-refractivity contribution is 0.398. The van der Waals surface area contributed by atoms with Gasteiger partial charge in [-0.1, -0.05) is 12.8 Å². The Morgan fingerprint density at radius 1 is 1.36 bits per heavy atom. The normalized spacial score (nSPS) is 16.9. The average molecular weight is 192 g/mol. The summed E-state index contributed by atoms with van der Waals surface area (Å²) < 4.78 is 5.00. The van der Waals surface area contributed by atoms with E-state index in [2.05, 4.69) is 10.3 Å². The summed E-state index contributed by atoms with van der Waals surface area (Å²) >= 11 is 0. The number of hydrogen-bond donors (Lipinski definition) is 1. The summed E-state index contributed by atoms with van der Waals surface area (Å²) in [5.74, 6) is 0.668. The van der Waals surface area contributed by atoms with Crippen molar-refractivity contribution in [2.75, 3.05) is 12.4 Å². The molecule has 14 heavy (non-hydrogen) atoms. The van der Waals surface area contributed by atoms with Crippen molar-refractivity contribution in [3.8, 4) is 5.88 Å². The van der Waals surface area contributed by atoms with Crippen LogP contribution in [0.3, 0.4) is 0 Å². The highest BCUT2D eigenvalue weighted by Gasteiger charge is 2.14. The third kappa shape index (κ3) is 2.16. The van der Waals surface area contributed by atoms with Gasteiger partial charge < -0.3 is 10.1 Å². The maximum Gasteiger partial charge on any atom is 0.213 e. The molecule has 0 aromatic carbocycles. The molecular weight excluding hydrogens is 176 g/mol. The second-order valence-electron chi connectivity index (χ2n) is 3.71. The summed E-state index contributed by atoms with van der Waals surface area (Å²) in [7, 11) is 1.63. The lowest BCUT2D eigenvalue weighted by Crippen LogP contribution is -2.14. The molecule has 1 saturated carbocycles. The number of pyridine rings is 1. The molecule has 0 saturated heterocycles. The molecule has 0 amide bonds. The zero-order valence-electron chi connectivity index (χ0n) is 8.49. The summed E-state index contributed by atoms with van der Waals surface area (Å²) in [5.41, 5.74) is 1.10. The van der Waals surface area contributed by atoms with Crippen LogP contribution in [0.5, 0.6) is 5.88 Å². The predicted molar refractivity (Wildman–Crippen MR) is 56.7 cm³/mol. The minimum absolute atomic E-state index is 0.644. The SMILES string of the molecule is COc1ccc(NC2CCCC2)cn1. The van der Waals surface area contributed by atoms with Gasteiger partial charge in [0.15, 0.2) is 0 Å². The highest BCUT2D eigenvalue weighted by Crippen LogP contribution is 2.22. The van der Waals surface area contributed by atoms with Crippen molar-refractivity contribution in [3.05, 3.63) is 18.3 Å². The van der Waals surface area contributed by atoms with Gasteiger partial charge in [-0.05, 0) is 18.9 Å². The Kier molecular flexibility index (Phi) is 2.87. The first-order valence-corrected chi connectivity index (χ1v) is 5.15. The topological polar surface area (TPSA) is 34.1 Å². The van der Waals surface area contributed by atoms with Crippen LogP contribution in [0.2, 0.25) is 0 Å². The van der Waals surface area contributed by atoms with Gasteiger partial charge in [-0.3, -0.25) is 0 Å². The van der Waals surface area contributed by atoms with E-state index in [9.17, 15) is 0 Å². The van der Waals surface area contributed by atoms with E-state index in [4.69, 9.17) is 4.74 Å². The first-order chi connectivity index (χ1) is 6.88. The summed E-state index contributed by atoms with van der Waals surface area (Å²) in [5, 5.41) is 3.47. The molecule has 76 valence electrons. The zero-order chi connectivity index (χ0) is 9.80. The van der Waals surface area contributed by atoms with Crippen LogP contribution in [-0.2, 0) is 0 Å². The zero-order valence-corrected chi connectivity index (χ0v) is 8.49. The first kappa shape index (κ1) is 9.31. The lowest BCUT2D eigenvalue weighted by atomic mass is 10.2. The van der Waals surface area contributed by atoms with Crippen molar-refractivity contribution in [1.29, 1.82) is 0 Å². The minimum atomic E-state index is 0.644. The van der Waals surface area contributed by atoms with Gasteiger partial charge in [0.1, 0.15) is 0 Å². The highest BCUT2D eigenvalue weighted by molar-refractivity contribution is 5.43. The van der Waals surface area contributed by atoms with E-state index in [1.165, 1.54) is 25.7 Å². The molecule has 1 heterocycles. The van der Waals surface area contributed by atoms with Crippen molar-refractivity contribution in [1.82, 2.24) is 4.98 Å². The van der Waals surface area contributed by atoms with Gasteiger partial charge in [0, 0.05) is 12.1 Å². The number of nitrogens with one attached hydrogen (secondary N) is 1. The molecule has 1 aromatic heterocycles. The van der Waals surface area contributed by atoms with Crippen molar-refractivity contribution in [2.45, 2.75) is 31.7 Å². The summed E-state index contributed by atoms with van der Waals surface area (Å²) in [6, 6.07) is 4.55. The van der Waals surface area contributed by atoms with Gasteiger partial charge in [0.2, 0.25) is 5.88 Å². The first-order valence-electron chi connectivity index (χ1n) is 5.15. The van der Waals surface area contributed by atoms with E-state index < -0.39 is 0 Å². The number of hydrogen-bond acceptors (Lipinski definition) is 3. The molecule has 0 aliphatic heterocycles. The number of methoxy groups -OCH3 is 1. The number of rotatable bonds is 3. The number of nitrogens with zero attached hydrogens (tertiary/aromatic N) is 1. The van der Waals surface area contributed by atoms with Crippen LogP contribution in [0.4, 0.5) is 5.69 Å². The Morgan fingerprint density at radius 2 is 2.14 bits per heavy atom. The molecule has 1 aromatic rings. The number of aromatic nitrogens is 1. The summed E-state index contributed by atoms with van der Waals surface area (Å²) in [4.78, 5) is 4.15. The van der Waals surface area contributed by atoms with Crippen LogP contribution in [0.1, 0.15) is 25.7 Å². The average Bonchev–Trinajstić information content (AvgIpc) is 2.72. The van der Waals surface area contributed by atoms with Gasteiger partial charge in [-0.15, -0.1) is 0 Å². The van der Waals surface area contributed by atoms with Crippen LogP contribution in [0, 0.1) is 0 Å². The quantitative estimate of drug-likeness (QED) is 0.798. The highest BCUT2D eigenvalue weighted by atomic mass is 16.5.